The highest BCUT2D eigenvalue weighted by Gasteiger charge is 2.46. The van der Waals surface area contributed by atoms with Gasteiger partial charge in [-0.1, -0.05) is 12.8 Å². The largest absolute Gasteiger partial charge is 0.396 e. The van der Waals surface area contributed by atoms with E-state index in [1.54, 1.807) is 0 Å². The van der Waals surface area contributed by atoms with E-state index >= 15 is 0 Å². The molecule has 2 rings (SSSR count). The van der Waals surface area contributed by atoms with Gasteiger partial charge in [0.2, 0.25) is 0 Å². The van der Waals surface area contributed by atoms with E-state index < -0.39 is 0 Å². The third-order valence-corrected chi connectivity index (χ3v) is 3.47. The van der Waals surface area contributed by atoms with Gasteiger partial charge in [-0.05, 0) is 19.3 Å². The first kappa shape index (κ1) is 7.56. The summed E-state index contributed by atoms with van der Waals surface area (Å²) in [6, 6.07) is 0.739. The summed E-state index contributed by atoms with van der Waals surface area (Å²) in [7, 11) is 0. The Bertz CT molecular complexity index is 144. The van der Waals surface area contributed by atoms with Crippen molar-refractivity contribution in [3.8, 4) is 0 Å². The lowest BCUT2D eigenvalue weighted by molar-refractivity contribution is 0.0111. The Morgan fingerprint density at radius 2 is 2.36 bits per heavy atom. The van der Waals surface area contributed by atoms with Gasteiger partial charge >= 0.3 is 0 Å². The lowest BCUT2D eigenvalue weighted by Gasteiger charge is -2.53. The zero-order valence-corrected chi connectivity index (χ0v) is 6.97. The summed E-state index contributed by atoms with van der Waals surface area (Å²) in [6.45, 7) is 1.52. The summed E-state index contributed by atoms with van der Waals surface area (Å²) in [5, 5.41) is 12.4. The summed E-state index contributed by atoms with van der Waals surface area (Å²) in [4.78, 5) is 0. The smallest absolute Gasteiger partial charge is 0.0437 e. The van der Waals surface area contributed by atoms with Crippen LogP contribution in [0.2, 0.25) is 0 Å². The molecule has 0 amide bonds. The minimum absolute atomic E-state index is 0.373. The number of nitrogens with one attached hydrogen (secondary N) is 1. The van der Waals surface area contributed by atoms with Gasteiger partial charge in [0.05, 0.1) is 0 Å². The predicted octanol–water partition coefficient (Wildman–Crippen LogP) is 0.901. The molecule has 64 valence electrons. The van der Waals surface area contributed by atoms with E-state index in [1.165, 1.54) is 25.7 Å². The standard InChI is InChI=1S/C9H17NO/c11-6-5-9-4-2-1-3-8(9)10-7-9/h8,10-11H,1-7H2/t8-,9-/m0/s1. The van der Waals surface area contributed by atoms with E-state index in [4.69, 9.17) is 5.11 Å². The highest BCUT2D eigenvalue weighted by Crippen LogP contribution is 2.44. The molecule has 2 nitrogen and oxygen atoms in total. The van der Waals surface area contributed by atoms with Gasteiger partial charge in [0.1, 0.15) is 0 Å². The normalized spacial score (nSPS) is 42.8. The Balaban J connectivity index is 1.98. The molecule has 1 saturated heterocycles. The molecule has 0 radical (unpaired) electrons. The Hall–Kier alpha value is -0.0800. The van der Waals surface area contributed by atoms with Crippen molar-refractivity contribution >= 4 is 0 Å². The maximum atomic E-state index is 8.91. The number of rotatable bonds is 2. The first-order valence-corrected chi connectivity index (χ1v) is 4.72. The van der Waals surface area contributed by atoms with Gasteiger partial charge in [-0.25, -0.2) is 0 Å². The summed E-state index contributed by atoms with van der Waals surface area (Å²) in [5.74, 6) is 0. The Morgan fingerprint density at radius 1 is 1.45 bits per heavy atom. The number of fused-ring (bicyclic) bond motifs is 1. The lowest BCUT2D eigenvalue weighted by atomic mass is 9.63. The van der Waals surface area contributed by atoms with E-state index in [-0.39, 0.29) is 0 Å². The summed E-state index contributed by atoms with van der Waals surface area (Å²) in [6.07, 6.45) is 6.44. The monoisotopic (exact) mass is 155 g/mol. The van der Waals surface area contributed by atoms with Crippen molar-refractivity contribution in [2.45, 2.75) is 38.1 Å². The summed E-state index contributed by atoms with van der Waals surface area (Å²) < 4.78 is 0. The van der Waals surface area contributed by atoms with E-state index in [2.05, 4.69) is 5.32 Å². The minimum atomic E-state index is 0.373. The number of hydrogen-bond donors (Lipinski definition) is 2. The SMILES string of the molecule is OCC[C@]12CCCC[C@@H]1NC2. The van der Waals surface area contributed by atoms with Crippen molar-refractivity contribution < 1.29 is 5.11 Å². The molecule has 2 atom stereocenters. The molecule has 1 heterocycles. The molecule has 0 aromatic heterocycles. The van der Waals surface area contributed by atoms with Gasteiger partial charge in [-0.2, -0.15) is 0 Å². The van der Waals surface area contributed by atoms with Crippen LogP contribution < -0.4 is 5.32 Å². The van der Waals surface area contributed by atoms with Gasteiger partial charge in [-0.15, -0.1) is 0 Å². The highest BCUT2D eigenvalue weighted by atomic mass is 16.3. The summed E-state index contributed by atoms with van der Waals surface area (Å²) in [5.41, 5.74) is 0.507. The number of aliphatic hydroxyl groups excluding tert-OH is 1. The fourth-order valence-electron chi connectivity index (χ4n) is 2.64. The van der Waals surface area contributed by atoms with Gasteiger partial charge < -0.3 is 10.4 Å². The molecule has 0 bridgehead atoms. The van der Waals surface area contributed by atoms with Crippen LogP contribution >= 0.6 is 0 Å². The third-order valence-electron chi connectivity index (χ3n) is 3.47. The van der Waals surface area contributed by atoms with E-state index in [9.17, 15) is 0 Å². The van der Waals surface area contributed by atoms with E-state index in [0.29, 0.717) is 12.0 Å². The second-order valence-electron chi connectivity index (χ2n) is 4.02. The van der Waals surface area contributed by atoms with Crippen molar-refractivity contribution in [2.24, 2.45) is 5.41 Å². The molecule has 2 fully saturated rings. The van der Waals surface area contributed by atoms with E-state index in [0.717, 1.165) is 19.0 Å². The second kappa shape index (κ2) is 2.76. The molecule has 0 aromatic carbocycles. The highest BCUT2D eigenvalue weighted by molar-refractivity contribution is 5.03. The molecule has 1 saturated carbocycles. The molecule has 2 aliphatic rings. The van der Waals surface area contributed by atoms with Crippen molar-refractivity contribution in [3.63, 3.8) is 0 Å². The molecule has 1 aliphatic carbocycles. The molecule has 2 N–H and O–H groups in total. The van der Waals surface area contributed by atoms with Crippen LogP contribution in [-0.2, 0) is 0 Å². The van der Waals surface area contributed by atoms with Gasteiger partial charge in [0.15, 0.2) is 0 Å². The van der Waals surface area contributed by atoms with Crippen LogP contribution in [0.1, 0.15) is 32.1 Å². The quantitative estimate of drug-likeness (QED) is 0.621. The lowest BCUT2D eigenvalue weighted by Crippen LogP contribution is -2.63. The first-order valence-electron chi connectivity index (χ1n) is 4.72. The molecule has 11 heavy (non-hydrogen) atoms. The van der Waals surface area contributed by atoms with E-state index in [1.807, 2.05) is 0 Å². The van der Waals surface area contributed by atoms with Crippen molar-refractivity contribution in [2.75, 3.05) is 13.2 Å². The van der Waals surface area contributed by atoms with Crippen molar-refractivity contribution in [3.05, 3.63) is 0 Å². The molecule has 0 spiro atoms. The van der Waals surface area contributed by atoms with Crippen LogP contribution in [0.25, 0.3) is 0 Å². The average molecular weight is 155 g/mol. The summed E-state index contributed by atoms with van der Waals surface area (Å²) >= 11 is 0. The van der Waals surface area contributed by atoms with Gasteiger partial charge in [-0.3, -0.25) is 0 Å². The minimum Gasteiger partial charge on any atom is -0.396 e. The molecular formula is C9H17NO. The number of hydrogen-bond acceptors (Lipinski definition) is 2. The second-order valence-corrected chi connectivity index (χ2v) is 4.02. The first-order chi connectivity index (χ1) is 5.37. The Kier molecular flexibility index (Phi) is 1.90. The molecule has 2 heteroatoms. The maximum absolute atomic E-state index is 8.91. The average Bonchev–Trinajstić information content (AvgIpc) is 1.98. The van der Waals surface area contributed by atoms with Crippen LogP contribution in [0.3, 0.4) is 0 Å². The third kappa shape index (κ3) is 1.09. The molecule has 0 unspecified atom stereocenters. The number of aliphatic hydroxyl groups is 1. The van der Waals surface area contributed by atoms with Crippen LogP contribution in [0, 0.1) is 5.41 Å². The topological polar surface area (TPSA) is 32.3 Å². The van der Waals surface area contributed by atoms with Gasteiger partial charge in [0.25, 0.3) is 0 Å². The van der Waals surface area contributed by atoms with Crippen LogP contribution in [0.5, 0.6) is 0 Å². The van der Waals surface area contributed by atoms with Crippen molar-refractivity contribution in [1.29, 1.82) is 0 Å². The molecule has 0 aromatic rings. The van der Waals surface area contributed by atoms with Crippen molar-refractivity contribution in [1.82, 2.24) is 5.32 Å². The Morgan fingerprint density at radius 3 is 2.91 bits per heavy atom. The van der Waals surface area contributed by atoms with Crippen LogP contribution in [0.15, 0.2) is 0 Å². The Labute approximate surface area is 68.0 Å². The zero-order valence-electron chi connectivity index (χ0n) is 6.97. The van der Waals surface area contributed by atoms with Crippen LogP contribution in [-0.4, -0.2) is 24.3 Å². The molecule has 1 aliphatic heterocycles. The molecular weight excluding hydrogens is 138 g/mol. The predicted molar refractivity (Wildman–Crippen MR) is 44.4 cm³/mol. The fraction of sp³-hybridized carbons (Fsp3) is 1.00. The fourth-order valence-corrected chi connectivity index (χ4v) is 2.64. The van der Waals surface area contributed by atoms with Gasteiger partial charge in [0, 0.05) is 24.6 Å². The van der Waals surface area contributed by atoms with Crippen LogP contribution in [0.4, 0.5) is 0 Å². The zero-order chi connectivity index (χ0) is 7.73. The maximum Gasteiger partial charge on any atom is 0.0437 e.